The molecule has 9 nitrogen and oxygen atoms in total. The molecule has 0 saturated carbocycles. The van der Waals surface area contributed by atoms with Gasteiger partial charge in [-0.15, -0.1) is 0 Å². The van der Waals surface area contributed by atoms with Crippen LogP contribution in [-0.2, 0) is 4.79 Å². The van der Waals surface area contributed by atoms with Crippen molar-refractivity contribution in [3.8, 4) is 5.75 Å². The first-order chi connectivity index (χ1) is 9.85. The SMILES string of the molecule is COc1ccc(C(=O)O)cc1NC(=O)NC[C@H](N)C(=O)O. The van der Waals surface area contributed by atoms with Crippen LogP contribution in [0.25, 0.3) is 0 Å². The van der Waals surface area contributed by atoms with Crippen LogP contribution in [-0.4, -0.2) is 47.9 Å². The second-order valence-corrected chi connectivity index (χ2v) is 4.00. The second-order valence-electron chi connectivity index (χ2n) is 4.00. The smallest absolute Gasteiger partial charge is 0.335 e. The van der Waals surface area contributed by atoms with E-state index in [4.69, 9.17) is 20.7 Å². The summed E-state index contributed by atoms with van der Waals surface area (Å²) in [6.45, 7) is -0.276. The summed E-state index contributed by atoms with van der Waals surface area (Å²) in [5, 5.41) is 22.1. The van der Waals surface area contributed by atoms with Crippen molar-refractivity contribution in [1.82, 2.24) is 5.32 Å². The van der Waals surface area contributed by atoms with Gasteiger partial charge in [0.2, 0.25) is 0 Å². The largest absolute Gasteiger partial charge is 0.495 e. The first-order valence-electron chi connectivity index (χ1n) is 5.79. The summed E-state index contributed by atoms with van der Waals surface area (Å²) in [6, 6.07) is 1.97. The number of aromatic carboxylic acids is 1. The summed E-state index contributed by atoms with van der Waals surface area (Å²) in [4.78, 5) is 33.0. The predicted molar refractivity (Wildman–Crippen MR) is 72.6 cm³/mol. The molecule has 0 heterocycles. The van der Waals surface area contributed by atoms with E-state index in [1.165, 1.54) is 25.3 Å². The van der Waals surface area contributed by atoms with Gasteiger partial charge in [-0.2, -0.15) is 0 Å². The first kappa shape index (κ1) is 16.2. The molecule has 1 atom stereocenters. The number of urea groups is 1. The highest BCUT2D eigenvalue weighted by atomic mass is 16.5. The summed E-state index contributed by atoms with van der Waals surface area (Å²) >= 11 is 0. The maximum absolute atomic E-state index is 11.6. The van der Waals surface area contributed by atoms with E-state index in [-0.39, 0.29) is 23.5 Å². The van der Waals surface area contributed by atoms with Crippen LogP contribution in [0.5, 0.6) is 5.75 Å². The Kier molecular flexibility index (Phi) is 5.49. The minimum atomic E-state index is -1.25. The number of methoxy groups -OCH3 is 1. The number of carbonyl (C=O) groups excluding carboxylic acids is 1. The molecule has 0 aromatic heterocycles. The van der Waals surface area contributed by atoms with Crippen molar-refractivity contribution in [2.75, 3.05) is 19.0 Å². The number of benzene rings is 1. The number of aliphatic carboxylic acids is 1. The van der Waals surface area contributed by atoms with Crippen LogP contribution in [0.2, 0.25) is 0 Å². The van der Waals surface area contributed by atoms with Gasteiger partial charge in [-0.05, 0) is 18.2 Å². The first-order valence-corrected chi connectivity index (χ1v) is 5.79. The van der Waals surface area contributed by atoms with Crippen LogP contribution >= 0.6 is 0 Å². The zero-order valence-corrected chi connectivity index (χ0v) is 11.1. The summed E-state index contributed by atoms with van der Waals surface area (Å²) in [5.41, 5.74) is 5.34. The Morgan fingerprint density at radius 2 is 2.00 bits per heavy atom. The number of hydrogen-bond acceptors (Lipinski definition) is 5. The molecular weight excluding hydrogens is 282 g/mol. The zero-order chi connectivity index (χ0) is 16.0. The highest BCUT2D eigenvalue weighted by Crippen LogP contribution is 2.25. The lowest BCUT2D eigenvalue weighted by Crippen LogP contribution is -2.43. The van der Waals surface area contributed by atoms with Gasteiger partial charge in [0.25, 0.3) is 0 Å². The summed E-state index contributed by atoms with van der Waals surface area (Å²) in [5.74, 6) is -2.15. The van der Waals surface area contributed by atoms with Gasteiger partial charge in [0, 0.05) is 6.54 Å². The molecule has 2 amide bonds. The van der Waals surface area contributed by atoms with E-state index in [1.54, 1.807) is 0 Å². The van der Waals surface area contributed by atoms with E-state index in [0.29, 0.717) is 0 Å². The van der Waals surface area contributed by atoms with Crippen LogP contribution in [0.4, 0.5) is 10.5 Å². The molecule has 0 fully saturated rings. The highest BCUT2D eigenvalue weighted by molar-refractivity contribution is 5.95. The van der Waals surface area contributed by atoms with E-state index in [1.807, 2.05) is 0 Å². The number of carbonyl (C=O) groups is 3. The van der Waals surface area contributed by atoms with Crippen molar-refractivity contribution in [3.05, 3.63) is 23.8 Å². The Bertz CT molecular complexity index is 560. The summed E-state index contributed by atoms with van der Waals surface area (Å²) in [7, 11) is 1.36. The van der Waals surface area contributed by atoms with E-state index in [9.17, 15) is 14.4 Å². The van der Waals surface area contributed by atoms with Crippen molar-refractivity contribution in [3.63, 3.8) is 0 Å². The number of rotatable bonds is 6. The van der Waals surface area contributed by atoms with E-state index in [0.717, 1.165) is 0 Å². The average Bonchev–Trinajstić information content (AvgIpc) is 2.44. The number of carboxylic acid groups (broad SMARTS) is 2. The predicted octanol–water partition coefficient (Wildman–Crippen LogP) is -0.0732. The number of ether oxygens (including phenoxy) is 1. The molecule has 9 heteroatoms. The van der Waals surface area contributed by atoms with Gasteiger partial charge in [0.1, 0.15) is 11.8 Å². The fourth-order valence-electron chi connectivity index (χ4n) is 1.40. The maximum atomic E-state index is 11.6. The van der Waals surface area contributed by atoms with Crippen molar-refractivity contribution < 1.29 is 29.3 Å². The molecule has 0 unspecified atom stereocenters. The van der Waals surface area contributed by atoms with E-state index >= 15 is 0 Å². The normalized spacial score (nSPS) is 11.3. The van der Waals surface area contributed by atoms with Crippen LogP contribution in [0.15, 0.2) is 18.2 Å². The third kappa shape index (κ3) is 4.66. The quantitative estimate of drug-likeness (QED) is 0.492. The molecule has 0 saturated heterocycles. The van der Waals surface area contributed by atoms with Crippen LogP contribution in [0.3, 0.4) is 0 Å². The lowest BCUT2D eigenvalue weighted by Gasteiger charge is -2.13. The molecule has 1 rings (SSSR count). The van der Waals surface area contributed by atoms with Crippen molar-refractivity contribution in [1.29, 1.82) is 0 Å². The monoisotopic (exact) mass is 297 g/mol. The molecule has 0 bridgehead atoms. The Hall–Kier alpha value is -2.81. The average molecular weight is 297 g/mol. The molecule has 6 N–H and O–H groups in total. The molecule has 0 aliphatic heterocycles. The fourth-order valence-corrected chi connectivity index (χ4v) is 1.40. The lowest BCUT2D eigenvalue weighted by molar-refractivity contribution is -0.138. The number of amides is 2. The topological polar surface area (TPSA) is 151 Å². The lowest BCUT2D eigenvalue weighted by atomic mass is 10.2. The van der Waals surface area contributed by atoms with Gasteiger partial charge in [0.05, 0.1) is 18.4 Å². The molecule has 114 valence electrons. The molecule has 0 radical (unpaired) electrons. The number of nitrogens with two attached hydrogens (primary N) is 1. The number of anilines is 1. The van der Waals surface area contributed by atoms with Gasteiger partial charge in [-0.1, -0.05) is 0 Å². The van der Waals surface area contributed by atoms with Crippen LogP contribution in [0.1, 0.15) is 10.4 Å². The molecule has 0 spiro atoms. The van der Waals surface area contributed by atoms with Crippen LogP contribution in [0, 0.1) is 0 Å². The second kappa shape index (κ2) is 7.10. The van der Waals surface area contributed by atoms with Gasteiger partial charge in [-0.3, -0.25) is 4.79 Å². The van der Waals surface area contributed by atoms with Gasteiger partial charge < -0.3 is 31.3 Å². The van der Waals surface area contributed by atoms with Gasteiger partial charge in [-0.25, -0.2) is 9.59 Å². The summed E-state index contributed by atoms with van der Waals surface area (Å²) < 4.78 is 4.99. The summed E-state index contributed by atoms with van der Waals surface area (Å²) in [6.07, 6.45) is 0. The Morgan fingerprint density at radius 1 is 1.33 bits per heavy atom. The molecule has 1 aromatic carbocycles. The third-order valence-electron chi connectivity index (χ3n) is 2.49. The molecule has 21 heavy (non-hydrogen) atoms. The molecule has 1 aromatic rings. The molecule has 0 aliphatic rings. The number of hydrogen-bond donors (Lipinski definition) is 5. The van der Waals surface area contributed by atoms with E-state index < -0.39 is 24.0 Å². The fraction of sp³-hybridized carbons (Fsp3) is 0.250. The minimum Gasteiger partial charge on any atom is -0.495 e. The zero-order valence-electron chi connectivity index (χ0n) is 11.1. The van der Waals surface area contributed by atoms with Crippen molar-refractivity contribution >= 4 is 23.7 Å². The van der Waals surface area contributed by atoms with Gasteiger partial charge >= 0.3 is 18.0 Å². The van der Waals surface area contributed by atoms with Crippen molar-refractivity contribution in [2.45, 2.75) is 6.04 Å². The highest BCUT2D eigenvalue weighted by Gasteiger charge is 2.14. The van der Waals surface area contributed by atoms with E-state index in [2.05, 4.69) is 10.6 Å². The minimum absolute atomic E-state index is 0.0339. The third-order valence-corrected chi connectivity index (χ3v) is 2.49. The Labute approximate surface area is 119 Å². The van der Waals surface area contributed by atoms with Crippen molar-refractivity contribution in [2.24, 2.45) is 5.73 Å². The standard InChI is InChI=1S/C12H15N3O6/c1-21-9-3-2-6(10(16)17)4-8(9)15-12(20)14-5-7(13)11(18)19/h2-4,7H,5,13H2,1H3,(H,16,17)(H,18,19)(H2,14,15,20)/t7-/m0/s1. The molecular formula is C12H15N3O6. The Balaban J connectivity index is 2.76. The number of nitrogens with one attached hydrogen (secondary N) is 2. The Morgan fingerprint density at radius 3 is 2.52 bits per heavy atom. The maximum Gasteiger partial charge on any atom is 0.335 e. The number of carboxylic acids is 2. The van der Waals surface area contributed by atoms with Gasteiger partial charge in [0.15, 0.2) is 0 Å². The molecule has 0 aliphatic carbocycles. The van der Waals surface area contributed by atoms with Crippen LogP contribution < -0.4 is 21.1 Å².